The van der Waals surface area contributed by atoms with E-state index >= 15 is 0 Å². The number of aromatic amines is 1. The van der Waals surface area contributed by atoms with Crippen LogP contribution in [0.3, 0.4) is 0 Å². The second-order valence-electron chi connectivity index (χ2n) is 6.59. The number of carbonyl (C=O) groups excluding carboxylic acids is 1. The van der Waals surface area contributed by atoms with Crippen molar-refractivity contribution in [1.82, 2.24) is 10.3 Å². The molecule has 0 saturated heterocycles. The fraction of sp³-hybridized carbons (Fsp3) is 0.444. The molecule has 1 fully saturated rings. The number of benzene rings is 1. The van der Waals surface area contributed by atoms with Crippen LogP contribution in [0.15, 0.2) is 29.1 Å². The van der Waals surface area contributed by atoms with E-state index in [1.54, 1.807) is 6.92 Å². The van der Waals surface area contributed by atoms with Crippen molar-refractivity contribution in [3.05, 3.63) is 45.7 Å². The van der Waals surface area contributed by atoms with Crippen LogP contribution in [0.5, 0.6) is 0 Å². The number of nitrogens with one attached hydrogen (secondary N) is 2. The van der Waals surface area contributed by atoms with Crippen LogP contribution in [0.4, 0.5) is 0 Å². The Morgan fingerprint density at radius 1 is 1.30 bits per heavy atom. The van der Waals surface area contributed by atoms with Gasteiger partial charge >= 0.3 is 0 Å². The zero-order chi connectivity index (χ0) is 16.4. The molecule has 5 heteroatoms. The molecule has 0 aliphatic heterocycles. The second kappa shape index (κ2) is 6.16. The zero-order valence-electron chi connectivity index (χ0n) is 13.3. The van der Waals surface area contributed by atoms with E-state index in [9.17, 15) is 14.7 Å². The van der Waals surface area contributed by atoms with Crippen LogP contribution in [-0.2, 0) is 11.2 Å². The fourth-order valence-electron chi connectivity index (χ4n) is 3.20. The van der Waals surface area contributed by atoms with Gasteiger partial charge in [0.2, 0.25) is 5.91 Å². The third-order valence-corrected chi connectivity index (χ3v) is 4.61. The Balaban J connectivity index is 1.67. The maximum atomic E-state index is 12.1. The first-order chi connectivity index (χ1) is 11.0. The Kier molecular flexibility index (Phi) is 4.22. The van der Waals surface area contributed by atoms with E-state index in [2.05, 4.69) is 10.3 Å². The summed E-state index contributed by atoms with van der Waals surface area (Å²) in [5.74, 6) is -0.0918. The van der Waals surface area contributed by atoms with Crippen molar-refractivity contribution < 1.29 is 9.90 Å². The number of carbonyl (C=O) groups is 1. The van der Waals surface area contributed by atoms with Gasteiger partial charge in [-0.1, -0.05) is 18.9 Å². The number of pyridine rings is 1. The first-order valence-electron chi connectivity index (χ1n) is 8.07. The van der Waals surface area contributed by atoms with Crippen molar-refractivity contribution in [3.8, 4) is 0 Å². The lowest BCUT2D eigenvalue weighted by Gasteiger charge is -2.22. The van der Waals surface area contributed by atoms with Crippen LogP contribution in [0.2, 0.25) is 0 Å². The van der Waals surface area contributed by atoms with Crippen molar-refractivity contribution in [2.24, 2.45) is 0 Å². The zero-order valence-corrected chi connectivity index (χ0v) is 13.3. The predicted octanol–water partition coefficient (Wildman–Crippen LogP) is 1.80. The number of amides is 1. The molecule has 1 amide bonds. The minimum absolute atomic E-state index is 0.0900. The summed E-state index contributed by atoms with van der Waals surface area (Å²) in [6, 6.07) is 7.42. The molecular weight excluding hydrogens is 292 g/mol. The minimum atomic E-state index is -0.727. The summed E-state index contributed by atoms with van der Waals surface area (Å²) in [4.78, 5) is 26.5. The van der Waals surface area contributed by atoms with E-state index in [1.807, 2.05) is 24.3 Å². The van der Waals surface area contributed by atoms with Crippen molar-refractivity contribution in [1.29, 1.82) is 0 Å². The molecule has 1 aliphatic carbocycles. The molecule has 2 aromatic rings. The molecule has 0 radical (unpaired) electrons. The van der Waals surface area contributed by atoms with Gasteiger partial charge in [-0.3, -0.25) is 9.59 Å². The van der Waals surface area contributed by atoms with E-state index in [1.165, 1.54) is 0 Å². The molecule has 1 heterocycles. The summed E-state index contributed by atoms with van der Waals surface area (Å²) in [6.45, 7) is 2.09. The molecule has 122 valence electrons. The van der Waals surface area contributed by atoms with Crippen molar-refractivity contribution in [3.63, 3.8) is 0 Å². The highest BCUT2D eigenvalue weighted by Gasteiger charge is 2.31. The van der Waals surface area contributed by atoms with Crippen LogP contribution in [0.25, 0.3) is 10.9 Å². The summed E-state index contributed by atoms with van der Waals surface area (Å²) in [5, 5.41) is 14.0. The van der Waals surface area contributed by atoms with Gasteiger partial charge in [-0.05, 0) is 48.9 Å². The highest BCUT2D eigenvalue weighted by molar-refractivity contribution is 5.83. The Labute approximate surface area is 134 Å². The van der Waals surface area contributed by atoms with Gasteiger partial charge < -0.3 is 15.4 Å². The highest BCUT2D eigenvalue weighted by Crippen LogP contribution is 2.28. The number of aliphatic hydroxyl groups is 1. The number of aryl methyl sites for hydroxylation is 1. The van der Waals surface area contributed by atoms with Crippen LogP contribution >= 0.6 is 0 Å². The molecule has 3 rings (SSSR count). The first kappa shape index (κ1) is 15.7. The number of aromatic nitrogens is 1. The van der Waals surface area contributed by atoms with E-state index < -0.39 is 5.60 Å². The largest absolute Gasteiger partial charge is 0.388 e. The van der Waals surface area contributed by atoms with Crippen molar-refractivity contribution in [2.75, 3.05) is 6.54 Å². The predicted molar refractivity (Wildman–Crippen MR) is 89.4 cm³/mol. The van der Waals surface area contributed by atoms with Gasteiger partial charge in [0, 0.05) is 17.6 Å². The molecule has 1 aromatic carbocycles. The molecule has 1 aromatic heterocycles. The fourth-order valence-corrected chi connectivity index (χ4v) is 3.20. The lowest BCUT2D eigenvalue weighted by Crippen LogP contribution is -2.41. The number of rotatable bonds is 4. The Hall–Kier alpha value is -2.14. The molecule has 23 heavy (non-hydrogen) atoms. The molecule has 1 saturated carbocycles. The van der Waals surface area contributed by atoms with Gasteiger partial charge in [0.1, 0.15) is 0 Å². The third-order valence-electron chi connectivity index (χ3n) is 4.61. The van der Waals surface area contributed by atoms with Crippen LogP contribution < -0.4 is 10.9 Å². The van der Waals surface area contributed by atoms with Crippen molar-refractivity contribution >= 4 is 16.8 Å². The third kappa shape index (κ3) is 3.62. The molecular formula is C18H22N2O3. The standard InChI is InChI=1S/C18H22N2O3/c1-12-8-14-9-13(4-5-15(14)20-17(12)22)10-16(21)19-11-18(23)6-2-3-7-18/h4-5,8-9,23H,2-3,6-7,10-11H2,1H3,(H,19,21)(H,20,22). The van der Waals surface area contributed by atoms with Gasteiger partial charge in [-0.25, -0.2) is 0 Å². The minimum Gasteiger partial charge on any atom is -0.388 e. The summed E-state index contributed by atoms with van der Waals surface area (Å²) >= 11 is 0. The van der Waals surface area contributed by atoms with E-state index in [0.717, 1.165) is 42.1 Å². The van der Waals surface area contributed by atoms with E-state index in [-0.39, 0.29) is 17.9 Å². The highest BCUT2D eigenvalue weighted by atomic mass is 16.3. The van der Waals surface area contributed by atoms with Crippen LogP contribution in [0, 0.1) is 6.92 Å². The van der Waals surface area contributed by atoms with Gasteiger partial charge in [0.15, 0.2) is 0 Å². The first-order valence-corrected chi connectivity index (χ1v) is 8.07. The molecule has 0 unspecified atom stereocenters. The molecule has 0 bridgehead atoms. The molecule has 5 nitrogen and oxygen atoms in total. The topological polar surface area (TPSA) is 82.2 Å². The average molecular weight is 314 g/mol. The van der Waals surface area contributed by atoms with Crippen LogP contribution in [0.1, 0.15) is 36.8 Å². The SMILES string of the molecule is Cc1cc2cc(CC(=O)NCC3(O)CCCC3)ccc2[nH]c1=O. The smallest absolute Gasteiger partial charge is 0.251 e. The van der Waals surface area contributed by atoms with Gasteiger partial charge in [-0.2, -0.15) is 0 Å². The lowest BCUT2D eigenvalue weighted by molar-refractivity contribution is -0.121. The Bertz CT molecular complexity index is 788. The summed E-state index contributed by atoms with van der Waals surface area (Å²) in [5.41, 5.74) is 1.50. The monoisotopic (exact) mass is 314 g/mol. The molecule has 1 aliphatic rings. The number of fused-ring (bicyclic) bond motifs is 1. The maximum Gasteiger partial charge on any atom is 0.251 e. The quantitative estimate of drug-likeness (QED) is 0.805. The number of H-pyrrole nitrogens is 1. The normalized spacial score (nSPS) is 16.6. The van der Waals surface area contributed by atoms with Crippen LogP contribution in [-0.4, -0.2) is 28.1 Å². The molecule has 0 spiro atoms. The number of hydrogen-bond donors (Lipinski definition) is 3. The molecule has 0 atom stereocenters. The van der Waals surface area contributed by atoms with E-state index in [0.29, 0.717) is 12.1 Å². The second-order valence-corrected chi connectivity index (χ2v) is 6.59. The summed E-state index contributed by atoms with van der Waals surface area (Å²) in [7, 11) is 0. The Morgan fingerprint density at radius 2 is 2.04 bits per heavy atom. The summed E-state index contributed by atoms with van der Waals surface area (Å²) in [6.07, 6.45) is 3.83. The summed E-state index contributed by atoms with van der Waals surface area (Å²) < 4.78 is 0. The lowest BCUT2D eigenvalue weighted by atomic mass is 10.0. The number of hydrogen-bond acceptors (Lipinski definition) is 3. The van der Waals surface area contributed by atoms with Gasteiger partial charge in [-0.15, -0.1) is 0 Å². The van der Waals surface area contributed by atoms with Gasteiger partial charge in [0.05, 0.1) is 12.0 Å². The average Bonchev–Trinajstić information content (AvgIpc) is 2.94. The van der Waals surface area contributed by atoms with Gasteiger partial charge in [0.25, 0.3) is 5.56 Å². The molecule has 3 N–H and O–H groups in total. The maximum absolute atomic E-state index is 12.1. The van der Waals surface area contributed by atoms with E-state index in [4.69, 9.17) is 0 Å². The van der Waals surface area contributed by atoms with Crippen molar-refractivity contribution in [2.45, 2.75) is 44.6 Å². The Morgan fingerprint density at radius 3 is 2.78 bits per heavy atom.